The molecule has 19 heavy (non-hydrogen) atoms. The van der Waals surface area contributed by atoms with Crippen molar-refractivity contribution < 1.29 is 4.74 Å². The zero-order valence-electron chi connectivity index (χ0n) is 13.0. The highest BCUT2D eigenvalue weighted by atomic mass is 16.5. The normalized spacial score (nSPS) is 32.8. The SMILES string of the molecule is CCOC1CC(NCC2(CN)CCCCC2)C1(C)C. The first kappa shape index (κ1) is 15.3. The Bertz CT molecular complexity index is 284. The lowest BCUT2D eigenvalue weighted by atomic mass is 9.64. The minimum Gasteiger partial charge on any atom is -0.378 e. The van der Waals surface area contributed by atoms with Gasteiger partial charge in [0.05, 0.1) is 6.10 Å². The molecule has 0 aromatic rings. The number of rotatable bonds is 6. The summed E-state index contributed by atoms with van der Waals surface area (Å²) in [5.41, 5.74) is 6.69. The van der Waals surface area contributed by atoms with E-state index in [1.807, 2.05) is 0 Å². The molecule has 3 heteroatoms. The molecular weight excluding hydrogens is 236 g/mol. The van der Waals surface area contributed by atoms with E-state index in [0.717, 1.165) is 26.1 Å². The monoisotopic (exact) mass is 268 g/mol. The fourth-order valence-corrected chi connectivity index (χ4v) is 3.81. The summed E-state index contributed by atoms with van der Waals surface area (Å²) in [6.45, 7) is 9.49. The van der Waals surface area contributed by atoms with Crippen LogP contribution in [-0.2, 0) is 4.74 Å². The van der Waals surface area contributed by atoms with Crippen LogP contribution in [-0.4, -0.2) is 31.8 Å². The van der Waals surface area contributed by atoms with Crippen LogP contribution in [0.2, 0.25) is 0 Å². The average molecular weight is 268 g/mol. The fraction of sp³-hybridized carbons (Fsp3) is 1.00. The van der Waals surface area contributed by atoms with E-state index in [1.54, 1.807) is 0 Å². The van der Waals surface area contributed by atoms with Gasteiger partial charge >= 0.3 is 0 Å². The van der Waals surface area contributed by atoms with E-state index >= 15 is 0 Å². The average Bonchev–Trinajstić information content (AvgIpc) is 2.43. The third kappa shape index (κ3) is 3.14. The number of nitrogens with two attached hydrogens (primary N) is 1. The van der Waals surface area contributed by atoms with Gasteiger partial charge in [-0.15, -0.1) is 0 Å². The maximum Gasteiger partial charge on any atom is 0.0655 e. The summed E-state index contributed by atoms with van der Waals surface area (Å²) in [5.74, 6) is 0. The second-order valence-corrected chi connectivity index (χ2v) is 7.20. The molecule has 0 aliphatic heterocycles. The predicted molar refractivity (Wildman–Crippen MR) is 80.2 cm³/mol. The number of hydrogen-bond acceptors (Lipinski definition) is 3. The first-order valence-corrected chi connectivity index (χ1v) is 8.09. The van der Waals surface area contributed by atoms with Crippen LogP contribution in [0.5, 0.6) is 0 Å². The molecule has 0 radical (unpaired) electrons. The molecular formula is C16H32N2O. The van der Waals surface area contributed by atoms with Gasteiger partial charge in [0, 0.05) is 24.6 Å². The lowest BCUT2D eigenvalue weighted by Gasteiger charge is -2.53. The third-order valence-corrected chi connectivity index (χ3v) is 5.62. The minimum absolute atomic E-state index is 0.264. The summed E-state index contributed by atoms with van der Waals surface area (Å²) < 4.78 is 5.80. The summed E-state index contributed by atoms with van der Waals surface area (Å²) in [4.78, 5) is 0. The van der Waals surface area contributed by atoms with Crippen molar-refractivity contribution in [2.45, 2.75) is 71.4 Å². The van der Waals surface area contributed by atoms with E-state index in [-0.39, 0.29) is 5.41 Å². The highest BCUT2D eigenvalue weighted by Crippen LogP contribution is 2.43. The maximum absolute atomic E-state index is 6.06. The van der Waals surface area contributed by atoms with Crippen LogP contribution in [0.1, 0.15) is 59.3 Å². The van der Waals surface area contributed by atoms with Crippen LogP contribution in [0.4, 0.5) is 0 Å². The van der Waals surface area contributed by atoms with Gasteiger partial charge in [0.1, 0.15) is 0 Å². The molecule has 0 aromatic heterocycles. The molecule has 0 heterocycles. The topological polar surface area (TPSA) is 47.3 Å². The van der Waals surface area contributed by atoms with Gasteiger partial charge < -0.3 is 15.8 Å². The first-order chi connectivity index (χ1) is 9.04. The Labute approximate surface area is 118 Å². The van der Waals surface area contributed by atoms with Gasteiger partial charge in [-0.25, -0.2) is 0 Å². The van der Waals surface area contributed by atoms with Gasteiger partial charge in [-0.1, -0.05) is 33.1 Å². The molecule has 3 nitrogen and oxygen atoms in total. The van der Waals surface area contributed by atoms with Gasteiger partial charge in [-0.3, -0.25) is 0 Å². The summed E-state index contributed by atoms with van der Waals surface area (Å²) in [5, 5.41) is 3.80. The van der Waals surface area contributed by atoms with Gasteiger partial charge in [0.2, 0.25) is 0 Å². The number of hydrogen-bond donors (Lipinski definition) is 2. The lowest BCUT2D eigenvalue weighted by molar-refractivity contribution is -0.116. The van der Waals surface area contributed by atoms with Gasteiger partial charge in [0.25, 0.3) is 0 Å². The Kier molecular flexibility index (Phi) is 4.91. The van der Waals surface area contributed by atoms with Crippen molar-refractivity contribution in [3.63, 3.8) is 0 Å². The Morgan fingerprint density at radius 2 is 1.89 bits per heavy atom. The lowest BCUT2D eigenvalue weighted by Crippen LogP contribution is -2.62. The highest BCUT2D eigenvalue weighted by Gasteiger charge is 2.49. The molecule has 0 amide bonds. The van der Waals surface area contributed by atoms with Crippen molar-refractivity contribution in [2.75, 3.05) is 19.7 Å². The molecule has 3 N–H and O–H groups in total. The highest BCUT2D eigenvalue weighted by molar-refractivity contribution is 5.03. The van der Waals surface area contributed by atoms with Crippen LogP contribution in [0.25, 0.3) is 0 Å². The Balaban J connectivity index is 1.82. The van der Waals surface area contributed by atoms with Crippen molar-refractivity contribution in [3.05, 3.63) is 0 Å². The second kappa shape index (κ2) is 6.11. The van der Waals surface area contributed by atoms with E-state index in [1.165, 1.54) is 32.1 Å². The first-order valence-electron chi connectivity index (χ1n) is 8.09. The van der Waals surface area contributed by atoms with E-state index in [2.05, 4.69) is 26.1 Å². The summed E-state index contributed by atoms with van der Waals surface area (Å²) in [7, 11) is 0. The quantitative estimate of drug-likeness (QED) is 0.778. The van der Waals surface area contributed by atoms with Crippen LogP contribution >= 0.6 is 0 Å². The molecule has 0 bridgehead atoms. The summed E-state index contributed by atoms with van der Waals surface area (Å²) in [6, 6.07) is 0.592. The van der Waals surface area contributed by atoms with Crippen LogP contribution < -0.4 is 11.1 Å². The number of nitrogens with one attached hydrogen (secondary N) is 1. The zero-order chi connectivity index (χ0) is 13.9. The minimum atomic E-state index is 0.264. The Morgan fingerprint density at radius 1 is 1.21 bits per heavy atom. The zero-order valence-corrected chi connectivity index (χ0v) is 13.0. The maximum atomic E-state index is 6.06. The molecule has 112 valence electrons. The molecule has 2 fully saturated rings. The summed E-state index contributed by atoms with van der Waals surface area (Å²) >= 11 is 0. The van der Waals surface area contributed by atoms with Gasteiger partial charge in [-0.05, 0) is 38.1 Å². The molecule has 2 aliphatic rings. The molecule has 2 aliphatic carbocycles. The molecule has 2 unspecified atom stereocenters. The van der Waals surface area contributed by atoms with Crippen molar-refractivity contribution in [2.24, 2.45) is 16.6 Å². The smallest absolute Gasteiger partial charge is 0.0655 e. The van der Waals surface area contributed by atoms with Crippen LogP contribution in [0.3, 0.4) is 0 Å². The second-order valence-electron chi connectivity index (χ2n) is 7.20. The number of ether oxygens (including phenoxy) is 1. The van der Waals surface area contributed by atoms with E-state index < -0.39 is 0 Å². The Morgan fingerprint density at radius 3 is 2.42 bits per heavy atom. The van der Waals surface area contributed by atoms with Crippen molar-refractivity contribution in [1.29, 1.82) is 0 Å². The molecule has 0 spiro atoms. The van der Waals surface area contributed by atoms with Crippen LogP contribution in [0.15, 0.2) is 0 Å². The molecule has 0 aromatic carbocycles. The van der Waals surface area contributed by atoms with Gasteiger partial charge in [0.15, 0.2) is 0 Å². The van der Waals surface area contributed by atoms with E-state index in [9.17, 15) is 0 Å². The summed E-state index contributed by atoms with van der Waals surface area (Å²) in [6.07, 6.45) is 8.29. The van der Waals surface area contributed by atoms with Crippen LogP contribution in [0, 0.1) is 10.8 Å². The van der Waals surface area contributed by atoms with Crippen molar-refractivity contribution in [3.8, 4) is 0 Å². The molecule has 2 atom stereocenters. The molecule has 0 saturated heterocycles. The van der Waals surface area contributed by atoms with Crippen molar-refractivity contribution in [1.82, 2.24) is 5.32 Å². The standard InChI is InChI=1S/C16H32N2O/c1-4-19-14-10-13(15(14,2)3)18-12-16(11-17)8-6-5-7-9-16/h13-14,18H,4-12,17H2,1-3H3. The largest absolute Gasteiger partial charge is 0.378 e. The van der Waals surface area contributed by atoms with E-state index in [4.69, 9.17) is 10.5 Å². The molecule has 2 saturated carbocycles. The molecule has 2 rings (SSSR count). The predicted octanol–water partition coefficient (Wildman–Crippen LogP) is 2.69. The van der Waals surface area contributed by atoms with Gasteiger partial charge in [-0.2, -0.15) is 0 Å². The van der Waals surface area contributed by atoms with E-state index in [0.29, 0.717) is 17.6 Å². The Hall–Kier alpha value is -0.120. The third-order valence-electron chi connectivity index (χ3n) is 5.62. The van der Waals surface area contributed by atoms with Crippen molar-refractivity contribution >= 4 is 0 Å². The fourth-order valence-electron chi connectivity index (χ4n) is 3.81.